The van der Waals surface area contributed by atoms with Crippen molar-refractivity contribution in [1.29, 1.82) is 0 Å². The molecule has 12 unspecified atom stereocenters. The lowest BCUT2D eigenvalue weighted by Crippen LogP contribution is -2.65. The van der Waals surface area contributed by atoms with Crippen LogP contribution in [0.2, 0.25) is 0 Å². The van der Waals surface area contributed by atoms with Gasteiger partial charge in [-0.3, -0.25) is 4.79 Å². The van der Waals surface area contributed by atoms with E-state index in [-0.39, 0.29) is 18.9 Å². The number of hydrogen-bond acceptors (Lipinski definition) is 13. The highest BCUT2D eigenvalue weighted by molar-refractivity contribution is 5.76. The number of aliphatic hydroxyl groups is 8. The van der Waals surface area contributed by atoms with Crippen LogP contribution in [0.3, 0.4) is 0 Å². The van der Waals surface area contributed by atoms with Gasteiger partial charge < -0.3 is 65.1 Å². The molecule has 64 heavy (non-hydrogen) atoms. The molecule has 14 heteroatoms. The van der Waals surface area contributed by atoms with Crippen molar-refractivity contribution in [1.82, 2.24) is 5.32 Å². The molecule has 2 aliphatic rings. The maximum absolute atomic E-state index is 13.1. The van der Waals surface area contributed by atoms with E-state index in [1.165, 1.54) is 135 Å². The van der Waals surface area contributed by atoms with E-state index in [0.717, 1.165) is 44.9 Å². The Hall–Kier alpha value is -1.27. The molecule has 0 radical (unpaired) electrons. The topological polar surface area (TPSA) is 228 Å². The Balaban J connectivity index is 1.73. The summed E-state index contributed by atoms with van der Waals surface area (Å²) in [4.78, 5) is 13.1. The molecular weight excluding hydrogens is 823 g/mol. The molecule has 14 nitrogen and oxygen atoms in total. The zero-order chi connectivity index (χ0) is 46.8. The van der Waals surface area contributed by atoms with E-state index in [1.807, 2.05) is 6.08 Å². The van der Waals surface area contributed by atoms with Gasteiger partial charge >= 0.3 is 0 Å². The summed E-state index contributed by atoms with van der Waals surface area (Å²) in [6.45, 7) is 2.75. The molecule has 0 spiro atoms. The predicted molar refractivity (Wildman–Crippen MR) is 249 cm³/mol. The molecule has 9 N–H and O–H groups in total. The van der Waals surface area contributed by atoms with Gasteiger partial charge in [-0.15, -0.1) is 0 Å². The minimum atomic E-state index is -1.78. The lowest BCUT2D eigenvalue weighted by Gasteiger charge is -2.46. The summed E-state index contributed by atoms with van der Waals surface area (Å²) in [5.74, 6) is -0.239. The van der Waals surface area contributed by atoms with Crippen molar-refractivity contribution in [3.05, 3.63) is 12.2 Å². The second-order valence-electron chi connectivity index (χ2n) is 18.7. The van der Waals surface area contributed by atoms with Crippen LogP contribution in [0.15, 0.2) is 12.2 Å². The van der Waals surface area contributed by atoms with Gasteiger partial charge in [0.05, 0.1) is 32.0 Å². The molecule has 2 saturated heterocycles. The number of aliphatic hydroxyl groups excluding tert-OH is 8. The third-order valence-corrected chi connectivity index (χ3v) is 13.0. The van der Waals surface area contributed by atoms with Crippen LogP contribution in [-0.4, -0.2) is 140 Å². The monoisotopic (exact) mass is 918 g/mol. The van der Waals surface area contributed by atoms with Crippen molar-refractivity contribution >= 4 is 5.91 Å². The highest BCUT2D eigenvalue weighted by Gasteiger charge is 2.51. The lowest BCUT2D eigenvalue weighted by atomic mass is 9.97. The highest BCUT2D eigenvalue weighted by atomic mass is 16.7. The van der Waals surface area contributed by atoms with Crippen molar-refractivity contribution in [2.45, 2.75) is 280 Å². The smallest absolute Gasteiger partial charge is 0.220 e. The fourth-order valence-electron chi connectivity index (χ4n) is 8.70. The van der Waals surface area contributed by atoms with Crippen LogP contribution < -0.4 is 5.32 Å². The first-order valence-corrected chi connectivity index (χ1v) is 25.9. The van der Waals surface area contributed by atoms with E-state index in [0.29, 0.717) is 6.42 Å². The predicted octanol–water partition coefficient (Wildman–Crippen LogP) is 6.77. The first-order valence-electron chi connectivity index (χ1n) is 25.9. The van der Waals surface area contributed by atoms with Crippen LogP contribution in [0.5, 0.6) is 0 Å². The van der Waals surface area contributed by atoms with Gasteiger partial charge in [0.1, 0.15) is 48.8 Å². The molecule has 2 rings (SSSR count). The standard InChI is InChI=1S/C50H95NO13/c1-3-5-7-9-11-13-14-15-16-17-18-19-20-21-22-23-24-25-26-28-30-32-34-42(55)51-38(39(54)33-31-29-27-12-10-8-6-4-2)37-61-49-47(60)45(58)48(41(36-53)63-49)64-50-46(59)44(57)43(56)40(35-52)62-50/h31,33,38-41,43-50,52-54,56-60H,3-30,32,34-37H2,1-2H3,(H,51,55)/b33-31+. The van der Waals surface area contributed by atoms with Gasteiger partial charge in [0.25, 0.3) is 0 Å². The lowest BCUT2D eigenvalue weighted by molar-refractivity contribution is -0.359. The maximum Gasteiger partial charge on any atom is 0.220 e. The van der Waals surface area contributed by atoms with Crippen LogP contribution in [0, 0.1) is 0 Å². The largest absolute Gasteiger partial charge is 0.394 e. The van der Waals surface area contributed by atoms with Crippen molar-refractivity contribution in [3.8, 4) is 0 Å². The van der Waals surface area contributed by atoms with E-state index in [1.54, 1.807) is 6.08 Å². The maximum atomic E-state index is 13.1. The minimum absolute atomic E-state index is 0.239. The molecule has 2 heterocycles. The second-order valence-corrected chi connectivity index (χ2v) is 18.7. The normalized spacial score (nSPS) is 27.3. The Morgan fingerprint density at radius 3 is 1.44 bits per heavy atom. The van der Waals surface area contributed by atoms with Gasteiger partial charge in [-0.25, -0.2) is 0 Å². The number of unbranched alkanes of at least 4 members (excludes halogenated alkanes) is 27. The fraction of sp³-hybridized carbons (Fsp3) is 0.940. The van der Waals surface area contributed by atoms with Crippen molar-refractivity contribution in [3.63, 3.8) is 0 Å². The van der Waals surface area contributed by atoms with Crippen molar-refractivity contribution in [2.24, 2.45) is 0 Å². The first kappa shape index (κ1) is 58.9. The minimum Gasteiger partial charge on any atom is -0.394 e. The van der Waals surface area contributed by atoms with E-state index in [2.05, 4.69) is 19.2 Å². The van der Waals surface area contributed by atoms with Crippen LogP contribution >= 0.6 is 0 Å². The SMILES string of the molecule is CCCCCCCC/C=C/C(O)C(COC1OC(CO)C(OC2OC(CO)C(O)C(O)C2O)C(O)C1O)NC(=O)CCCCCCCCCCCCCCCCCCCCCCCC. The van der Waals surface area contributed by atoms with Gasteiger partial charge in [0, 0.05) is 6.42 Å². The average molecular weight is 918 g/mol. The number of carbonyl (C=O) groups excluding carboxylic acids is 1. The van der Waals surface area contributed by atoms with Gasteiger partial charge in [0.2, 0.25) is 5.91 Å². The van der Waals surface area contributed by atoms with E-state index in [9.17, 15) is 45.6 Å². The first-order chi connectivity index (χ1) is 31.1. The number of hydrogen-bond donors (Lipinski definition) is 9. The summed E-state index contributed by atoms with van der Waals surface area (Å²) in [5.41, 5.74) is 0. The molecule has 0 saturated carbocycles. The zero-order valence-electron chi connectivity index (χ0n) is 40.0. The quantitative estimate of drug-likeness (QED) is 0.0229. The van der Waals surface area contributed by atoms with Crippen LogP contribution in [0.1, 0.15) is 206 Å². The Bertz CT molecular complexity index is 1130. The van der Waals surface area contributed by atoms with Gasteiger partial charge in [-0.1, -0.05) is 193 Å². The fourth-order valence-corrected chi connectivity index (χ4v) is 8.70. The molecule has 12 atom stereocenters. The molecule has 0 aromatic carbocycles. The van der Waals surface area contributed by atoms with Crippen LogP contribution in [-0.2, 0) is 23.7 Å². The number of nitrogens with one attached hydrogen (secondary N) is 1. The van der Waals surface area contributed by atoms with E-state index < -0.39 is 86.8 Å². The highest BCUT2D eigenvalue weighted by Crippen LogP contribution is 2.30. The summed E-state index contributed by atoms with van der Waals surface area (Å²) in [5, 5.41) is 86.5. The van der Waals surface area contributed by atoms with Crippen LogP contribution in [0.25, 0.3) is 0 Å². The summed E-state index contributed by atoms with van der Waals surface area (Å²) in [6.07, 6.45) is 22.8. The van der Waals surface area contributed by atoms with Gasteiger partial charge in [-0.2, -0.15) is 0 Å². The molecular formula is C50H95NO13. The summed E-state index contributed by atoms with van der Waals surface area (Å²) in [6, 6.07) is -0.906. The van der Waals surface area contributed by atoms with Crippen molar-refractivity contribution < 1.29 is 64.6 Å². The molecule has 0 aromatic rings. The molecule has 0 bridgehead atoms. The Kier molecular flexibility index (Phi) is 34.7. The number of carbonyl (C=O) groups is 1. The third-order valence-electron chi connectivity index (χ3n) is 13.0. The Morgan fingerprint density at radius 1 is 0.547 bits per heavy atom. The van der Waals surface area contributed by atoms with Crippen molar-refractivity contribution in [2.75, 3.05) is 19.8 Å². The zero-order valence-corrected chi connectivity index (χ0v) is 40.0. The molecule has 378 valence electrons. The molecule has 2 aliphatic heterocycles. The Morgan fingerprint density at radius 2 is 0.969 bits per heavy atom. The van der Waals surface area contributed by atoms with Crippen LogP contribution in [0.4, 0.5) is 0 Å². The summed E-state index contributed by atoms with van der Waals surface area (Å²) < 4.78 is 22.6. The van der Waals surface area contributed by atoms with Gasteiger partial charge in [-0.05, 0) is 19.3 Å². The molecule has 1 amide bonds. The summed E-state index contributed by atoms with van der Waals surface area (Å²) in [7, 11) is 0. The third kappa shape index (κ3) is 24.7. The molecule has 2 fully saturated rings. The number of ether oxygens (including phenoxy) is 4. The van der Waals surface area contributed by atoms with E-state index >= 15 is 0 Å². The van der Waals surface area contributed by atoms with Gasteiger partial charge in [0.15, 0.2) is 12.6 Å². The van der Waals surface area contributed by atoms with E-state index in [4.69, 9.17) is 18.9 Å². The second kappa shape index (κ2) is 37.7. The number of allylic oxidation sites excluding steroid dienone is 1. The molecule has 0 aliphatic carbocycles. The number of amides is 1. The molecule has 0 aromatic heterocycles. The summed E-state index contributed by atoms with van der Waals surface area (Å²) >= 11 is 0. The Labute approximate surface area is 386 Å². The number of rotatable bonds is 40. The average Bonchev–Trinajstić information content (AvgIpc) is 3.29.